The van der Waals surface area contributed by atoms with Crippen molar-refractivity contribution in [2.45, 2.75) is 33.2 Å². The number of hydrogen-bond acceptors (Lipinski definition) is 3. The first-order chi connectivity index (χ1) is 13.4. The van der Waals surface area contributed by atoms with Gasteiger partial charge in [-0.25, -0.2) is 4.79 Å². The third-order valence-corrected chi connectivity index (χ3v) is 6.56. The van der Waals surface area contributed by atoms with Crippen molar-refractivity contribution in [1.29, 1.82) is 0 Å². The molecule has 28 heavy (non-hydrogen) atoms. The van der Waals surface area contributed by atoms with Gasteiger partial charge in [0.15, 0.2) is 0 Å². The number of carboxylic acid groups (broad SMARTS) is 1. The molecule has 1 aliphatic rings. The number of fused-ring (bicyclic) bond motifs is 2. The number of hydrogen-bond donors (Lipinski definition) is 1. The quantitative estimate of drug-likeness (QED) is 0.629. The molecule has 2 heterocycles. The monoisotopic (exact) mass is 394 g/mol. The molecule has 0 bridgehead atoms. The predicted molar refractivity (Wildman–Crippen MR) is 114 cm³/mol. The summed E-state index contributed by atoms with van der Waals surface area (Å²) < 4.78 is 1.07. The van der Waals surface area contributed by atoms with E-state index >= 15 is 0 Å². The van der Waals surface area contributed by atoms with E-state index < -0.39 is 6.09 Å². The van der Waals surface area contributed by atoms with Gasteiger partial charge in [-0.15, -0.1) is 11.3 Å². The molecule has 6 heteroatoms. The number of aryl methyl sites for hydroxylation is 2. The van der Waals surface area contributed by atoms with Gasteiger partial charge >= 0.3 is 6.09 Å². The molecule has 1 atom stereocenters. The van der Waals surface area contributed by atoms with E-state index in [9.17, 15) is 14.7 Å². The molecule has 1 N–H and O–H groups in total. The SMILES string of the molecule is CCC1CN(C(=O)c2cc3ccccc3s2)c2cc(C)c(C)cc2N1C(=O)O. The fraction of sp³-hybridized carbons (Fsp3) is 0.273. The molecule has 3 aromatic rings. The first-order valence-electron chi connectivity index (χ1n) is 9.34. The summed E-state index contributed by atoms with van der Waals surface area (Å²) in [5, 5.41) is 10.9. The summed E-state index contributed by atoms with van der Waals surface area (Å²) in [5.41, 5.74) is 3.30. The molecule has 144 valence electrons. The third kappa shape index (κ3) is 2.94. The van der Waals surface area contributed by atoms with Crippen molar-refractivity contribution < 1.29 is 14.7 Å². The number of amides is 2. The van der Waals surface area contributed by atoms with E-state index in [4.69, 9.17) is 0 Å². The van der Waals surface area contributed by atoms with Crippen LogP contribution >= 0.6 is 11.3 Å². The Morgan fingerprint density at radius 1 is 1.11 bits per heavy atom. The lowest BCUT2D eigenvalue weighted by atomic mass is 10.0. The zero-order chi connectivity index (χ0) is 20.0. The van der Waals surface area contributed by atoms with E-state index in [1.165, 1.54) is 16.2 Å². The number of nitrogens with zero attached hydrogens (tertiary/aromatic N) is 2. The number of rotatable bonds is 2. The minimum Gasteiger partial charge on any atom is -0.465 e. The minimum atomic E-state index is -0.981. The second kappa shape index (κ2) is 6.95. The van der Waals surface area contributed by atoms with Crippen LogP contribution in [0.25, 0.3) is 10.1 Å². The number of carbonyl (C=O) groups is 2. The van der Waals surface area contributed by atoms with Gasteiger partial charge in [0.2, 0.25) is 0 Å². The summed E-state index contributed by atoms with van der Waals surface area (Å²) in [7, 11) is 0. The Bertz CT molecular complexity index is 1060. The maximum absolute atomic E-state index is 13.4. The van der Waals surface area contributed by atoms with Crippen molar-refractivity contribution in [3.63, 3.8) is 0 Å². The molecule has 0 spiro atoms. The van der Waals surface area contributed by atoms with Gasteiger partial charge < -0.3 is 10.0 Å². The van der Waals surface area contributed by atoms with Crippen LogP contribution in [0.1, 0.15) is 34.1 Å². The Kier molecular flexibility index (Phi) is 4.59. The second-order valence-electron chi connectivity index (χ2n) is 7.20. The maximum atomic E-state index is 13.4. The van der Waals surface area contributed by atoms with Crippen molar-refractivity contribution in [3.8, 4) is 0 Å². The molecule has 0 saturated heterocycles. The zero-order valence-corrected chi connectivity index (χ0v) is 16.9. The minimum absolute atomic E-state index is 0.0748. The Labute approximate surface area is 167 Å². The van der Waals surface area contributed by atoms with Crippen LogP contribution in [0.15, 0.2) is 42.5 Å². The highest BCUT2D eigenvalue weighted by atomic mass is 32.1. The number of benzene rings is 2. The summed E-state index contributed by atoms with van der Waals surface area (Å²) in [5.74, 6) is -0.0748. The summed E-state index contributed by atoms with van der Waals surface area (Å²) in [6.07, 6.45) is -0.347. The van der Waals surface area contributed by atoms with Gasteiger partial charge in [-0.1, -0.05) is 25.1 Å². The van der Waals surface area contributed by atoms with Crippen LogP contribution in [-0.4, -0.2) is 29.7 Å². The van der Waals surface area contributed by atoms with Crippen molar-refractivity contribution >= 4 is 44.8 Å². The molecular formula is C22H22N2O3S. The molecule has 0 fully saturated rings. The fourth-order valence-electron chi connectivity index (χ4n) is 3.77. The zero-order valence-electron chi connectivity index (χ0n) is 16.1. The van der Waals surface area contributed by atoms with E-state index in [0.717, 1.165) is 21.2 Å². The highest BCUT2D eigenvalue weighted by Gasteiger charge is 2.37. The van der Waals surface area contributed by atoms with E-state index in [1.807, 2.05) is 63.2 Å². The van der Waals surface area contributed by atoms with Crippen molar-refractivity contribution in [2.75, 3.05) is 16.3 Å². The molecule has 0 aliphatic carbocycles. The van der Waals surface area contributed by atoms with Crippen LogP contribution in [0.4, 0.5) is 16.2 Å². The van der Waals surface area contributed by atoms with Crippen molar-refractivity contribution in [1.82, 2.24) is 0 Å². The molecule has 4 rings (SSSR count). The van der Waals surface area contributed by atoms with Gasteiger partial charge in [0, 0.05) is 11.2 Å². The summed E-state index contributed by atoms with van der Waals surface area (Å²) in [6.45, 7) is 6.25. The average Bonchev–Trinajstić information content (AvgIpc) is 3.11. The average molecular weight is 394 g/mol. The van der Waals surface area contributed by atoms with Crippen molar-refractivity contribution in [3.05, 3.63) is 58.5 Å². The van der Waals surface area contributed by atoms with Gasteiger partial charge in [0.1, 0.15) is 0 Å². The van der Waals surface area contributed by atoms with Crippen LogP contribution < -0.4 is 9.80 Å². The molecule has 2 amide bonds. The van der Waals surface area contributed by atoms with Crippen molar-refractivity contribution in [2.24, 2.45) is 0 Å². The largest absolute Gasteiger partial charge is 0.465 e. The second-order valence-corrected chi connectivity index (χ2v) is 8.29. The predicted octanol–water partition coefficient (Wildman–Crippen LogP) is 5.44. The van der Waals surface area contributed by atoms with E-state index in [0.29, 0.717) is 29.2 Å². The maximum Gasteiger partial charge on any atom is 0.412 e. The van der Waals surface area contributed by atoms with Gasteiger partial charge in [-0.2, -0.15) is 0 Å². The third-order valence-electron chi connectivity index (χ3n) is 5.46. The topological polar surface area (TPSA) is 60.9 Å². The lowest BCUT2D eigenvalue weighted by molar-refractivity contribution is 0.0986. The number of thiophene rings is 1. The van der Waals surface area contributed by atoms with Crippen LogP contribution in [0.3, 0.4) is 0 Å². The molecule has 0 saturated carbocycles. The van der Waals surface area contributed by atoms with Crippen LogP contribution in [-0.2, 0) is 0 Å². The Morgan fingerprint density at radius 3 is 2.43 bits per heavy atom. The molecular weight excluding hydrogens is 372 g/mol. The number of carbonyl (C=O) groups excluding carboxylic acids is 1. The van der Waals surface area contributed by atoms with Gasteiger partial charge in [-0.3, -0.25) is 9.69 Å². The molecule has 1 aromatic heterocycles. The van der Waals surface area contributed by atoms with Gasteiger partial charge in [0.25, 0.3) is 5.91 Å². The molecule has 2 aromatic carbocycles. The smallest absolute Gasteiger partial charge is 0.412 e. The van der Waals surface area contributed by atoms with E-state index in [1.54, 1.807) is 4.90 Å². The highest BCUT2D eigenvalue weighted by molar-refractivity contribution is 7.20. The lowest BCUT2D eigenvalue weighted by Crippen LogP contribution is -2.52. The van der Waals surface area contributed by atoms with Gasteiger partial charge in [0.05, 0.1) is 22.3 Å². The summed E-state index contributed by atoms with van der Waals surface area (Å²) in [4.78, 5) is 29.2. The highest BCUT2D eigenvalue weighted by Crippen LogP contribution is 2.40. The standard InChI is InChI=1S/C22H22N2O3S/c1-4-16-12-23(21(25)20-11-15-7-5-6-8-19(15)28-20)17-9-13(2)14(3)10-18(17)24(16)22(26)27/h5-11,16H,4,12H2,1-3H3,(H,26,27). The van der Waals surface area contributed by atoms with Crippen LogP contribution in [0.2, 0.25) is 0 Å². The summed E-state index contributed by atoms with van der Waals surface area (Å²) >= 11 is 1.48. The van der Waals surface area contributed by atoms with Crippen LogP contribution in [0, 0.1) is 13.8 Å². The number of anilines is 2. The normalized spacial score (nSPS) is 16.3. The van der Waals surface area contributed by atoms with Crippen LogP contribution in [0.5, 0.6) is 0 Å². The fourth-order valence-corrected chi connectivity index (χ4v) is 4.78. The first-order valence-corrected chi connectivity index (χ1v) is 10.2. The van der Waals surface area contributed by atoms with E-state index in [2.05, 4.69) is 0 Å². The molecule has 1 unspecified atom stereocenters. The molecule has 5 nitrogen and oxygen atoms in total. The Morgan fingerprint density at radius 2 is 1.79 bits per heavy atom. The Hall–Kier alpha value is -2.86. The molecule has 0 radical (unpaired) electrons. The van der Waals surface area contributed by atoms with E-state index in [-0.39, 0.29) is 11.9 Å². The van der Waals surface area contributed by atoms with Gasteiger partial charge in [-0.05, 0) is 61.0 Å². The lowest BCUT2D eigenvalue weighted by Gasteiger charge is -2.41. The first kappa shape index (κ1) is 18.5. The molecule has 1 aliphatic heterocycles. The summed E-state index contributed by atoms with van der Waals surface area (Å²) in [6, 6.07) is 13.4. The Balaban J connectivity index is 1.84.